The number of aryl methyl sites for hydroxylation is 1. The number of carbonyl (C=O) groups excluding carboxylic acids is 1. The maximum Gasteiger partial charge on any atom is 0.222 e. The van der Waals surface area contributed by atoms with Crippen LogP contribution in [0.3, 0.4) is 0 Å². The molecule has 1 aromatic carbocycles. The molecule has 0 unspecified atom stereocenters. The summed E-state index contributed by atoms with van der Waals surface area (Å²) >= 11 is 1.66. The lowest BCUT2D eigenvalue weighted by molar-refractivity contribution is -0.121. The van der Waals surface area contributed by atoms with Crippen molar-refractivity contribution in [2.75, 3.05) is 18.5 Å². The number of amides is 1. The third-order valence-corrected chi connectivity index (χ3v) is 5.90. The molecule has 3 heterocycles. The van der Waals surface area contributed by atoms with Gasteiger partial charge in [-0.05, 0) is 36.2 Å². The summed E-state index contributed by atoms with van der Waals surface area (Å²) in [5.41, 5.74) is 2.20. The van der Waals surface area contributed by atoms with E-state index in [1.165, 1.54) is 5.56 Å². The highest BCUT2D eigenvalue weighted by Crippen LogP contribution is 2.36. The number of aromatic nitrogens is 3. The van der Waals surface area contributed by atoms with Gasteiger partial charge in [0.1, 0.15) is 16.5 Å². The average molecular weight is 418 g/mol. The van der Waals surface area contributed by atoms with Crippen molar-refractivity contribution in [2.24, 2.45) is 0 Å². The molecule has 0 aliphatic rings. The van der Waals surface area contributed by atoms with Gasteiger partial charge in [0, 0.05) is 43.8 Å². The van der Waals surface area contributed by atoms with Gasteiger partial charge in [0.25, 0.3) is 0 Å². The van der Waals surface area contributed by atoms with Gasteiger partial charge < -0.3 is 10.2 Å². The molecule has 0 atom stereocenters. The summed E-state index contributed by atoms with van der Waals surface area (Å²) in [5, 5.41) is 3.97. The first-order chi connectivity index (χ1) is 14.6. The van der Waals surface area contributed by atoms with Gasteiger partial charge in [-0.25, -0.2) is 9.97 Å². The van der Waals surface area contributed by atoms with Crippen LogP contribution < -0.4 is 10.2 Å². The van der Waals surface area contributed by atoms with E-state index in [1.807, 2.05) is 49.2 Å². The number of benzene rings is 1. The Hall–Kier alpha value is -3.32. The van der Waals surface area contributed by atoms with E-state index >= 15 is 0 Å². The monoisotopic (exact) mass is 417 g/mol. The Morgan fingerprint density at radius 2 is 1.87 bits per heavy atom. The van der Waals surface area contributed by atoms with Gasteiger partial charge in [0.2, 0.25) is 5.91 Å². The van der Waals surface area contributed by atoms with Crippen LogP contribution in [0.2, 0.25) is 0 Å². The molecule has 0 spiro atoms. The number of hydrogen-bond acceptors (Lipinski definition) is 6. The molecule has 152 valence electrons. The van der Waals surface area contributed by atoms with Crippen LogP contribution in [-0.2, 0) is 11.3 Å². The second-order valence-corrected chi connectivity index (χ2v) is 8.12. The van der Waals surface area contributed by atoms with Crippen molar-refractivity contribution in [1.82, 2.24) is 20.3 Å². The van der Waals surface area contributed by atoms with E-state index in [4.69, 9.17) is 0 Å². The molecule has 3 aromatic heterocycles. The molecule has 0 fully saturated rings. The van der Waals surface area contributed by atoms with Gasteiger partial charge in [-0.15, -0.1) is 11.3 Å². The zero-order valence-electron chi connectivity index (χ0n) is 17.0. The van der Waals surface area contributed by atoms with Crippen molar-refractivity contribution in [3.8, 4) is 10.4 Å². The van der Waals surface area contributed by atoms with Gasteiger partial charge in [-0.2, -0.15) is 0 Å². The third kappa shape index (κ3) is 4.63. The molecule has 0 radical (unpaired) electrons. The Kier molecular flexibility index (Phi) is 5.99. The lowest BCUT2D eigenvalue weighted by Crippen LogP contribution is -2.29. The number of pyridine rings is 1. The van der Waals surface area contributed by atoms with E-state index in [-0.39, 0.29) is 5.91 Å². The van der Waals surface area contributed by atoms with E-state index in [0.29, 0.717) is 19.5 Å². The largest absolute Gasteiger partial charge is 0.359 e. The number of carbonyl (C=O) groups is 1. The minimum absolute atomic E-state index is 0.0102. The predicted molar refractivity (Wildman–Crippen MR) is 122 cm³/mol. The van der Waals surface area contributed by atoms with Crippen LogP contribution in [0.4, 0.5) is 5.82 Å². The number of thiophene rings is 1. The number of nitrogens with zero attached hydrogens (tertiary/aromatic N) is 4. The van der Waals surface area contributed by atoms with E-state index in [0.717, 1.165) is 32.3 Å². The van der Waals surface area contributed by atoms with Crippen molar-refractivity contribution in [3.63, 3.8) is 0 Å². The third-order valence-electron chi connectivity index (χ3n) is 4.82. The zero-order valence-corrected chi connectivity index (χ0v) is 17.8. The first-order valence-electron chi connectivity index (χ1n) is 9.80. The molecule has 30 heavy (non-hydrogen) atoms. The number of nitrogens with one attached hydrogen (secondary N) is 1. The number of anilines is 1. The van der Waals surface area contributed by atoms with E-state index in [1.54, 1.807) is 23.7 Å². The quantitative estimate of drug-likeness (QED) is 0.488. The van der Waals surface area contributed by atoms with E-state index in [2.05, 4.69) is 38.5 Å². The van der Waals surface area contributed by atoms with Crippen molar-refractivity contribution in [2.45, 2.75) is 19.9 Å². The normalized spacial score (nSPS) is 10.9. The fourth-order valence-electron chi connectivity index (χ4n) is 3.21. The maximum atomic E-state index is 12.3. The minimum Gasteiger partial charge on any atom is -0.359 e. The Morgan fingerprint density at radius 1 is 1.10 bits per heavy atom. The summed E-state index contributed by atoms with van der Waals surface area (Å²) in [6, 6.07) is 16.2. The molecule has 4 rings (SSSR count). The molecule has 4 aromatic rings. The van der Waals surface area contributed by atoms with Crippen LogP contribution in [0.5, 0.6) is 0 Å². The van der Waals surface area contributed by atoms with Gasteiger partial charge in [-0.3, -0.25) is 9.78 Å². The smallest absolute Gasteiger partial charge is 0.222 e. The first-order valence-corrected chi connectivity index (χ1v) is 10.6. The number of fused-ring (bicyclic) bond motifs is 1. The summed E-state index contributed by atoms with van der Waals surface area (Å²) in [4.78, 5) is 29.7. The molecule has 1 amide bonds. The molecular weight excluding hydrogens is 394 g/mol. The van der Waals surface area contributed by atoms with Crippen LogP contribution in [0.25, 0.3) is 20.7 Å². The van der Waals surface area contributed by atoms with Crippen molar-refractivity contribution in [1.29, 1.82) is 0 Å². The Morgan fingerprint density at radius 3 is 2.63 bits per heavy atom. The molecule has 0 aliphatic heterocycles. The lowest BCUT2D eigenvalue weighted by Gasteiger charge is -2.19. The minimum atomic E-state index is 0.0102. The van der Waals surface area contributed by atoms with Crippen LogP contribution in [0, 0.1) is 6.92 Å². The first kappa shape index (κ1) is 20.0. The SMILES string of the molecule is Cc1nc(N(C)CCC(=O)NCc2ccncc2)c2cc(-c3ccccc3)sc2n1. The summed E-state index contributed by atoms with van der Waals surface area (Å²) in [7, 11) is 1.97. The van der Waals surface area contributed by atoms with Gasteiger partial charge in [0.15, 0.2) is 0 Å². The Bertz CT molecular complexity index is 1140. The Balaban J connectivity index is 1.46. The molecule has 7 heteroatoms. The van der Waals surface area contributed by atoms with Gasteiger partial charge in [0.05, 0.1) is 5.39 Å². The zero-order chi connectivity index (χ0) is 20.9. The number of hydrogen-bond donors (Lipinski definition) is 1. The standard InChI is InChI=1S/C23H23N5OS/c1-16-26-22(19-14-20(30-23(19)27-16)18-6-4-3-5-7-18)28(2)13-10-21(29)25-15-17-8-11-24-12-9-17/h3-9,11-12,14H,10,13,15H2,1-2H3,(H,25,29). The molecule has 0 saturated heterocycles. The van der Waals surface area contributed by atoms with Gasteiger partial charge >= 0.3 is 0 Å². The second-order valence-electron chi connectivity index (χ2n) is 7.09. The summed E-state index contributed by atoms with van der Waals surface area (Å²) in [6.07, 6.45) is 3.84. The van der Waals surface area contributed by atoms with Crippen LogP contribution >= 0.6 is 11.3 Å². The Labute approximate surface area is 179 Å². The summed E-state index contributed by atoms with van der Waals surface area (Å²) in [5.74, 6) is 1.60. The molecule has 0 saturated carbocycles. The van der Waals surface area contributed by atoms with E-state index in [9.17, 15) is 4.79 Å². The molecular formula is C23H23N5OS. The van der Waals surface area contributed by atoms with E-state index < -0.39 is 0 Å². The highest BCUT2D eigenvalue weighted by atomic mass is 32.1. The van der Waals surface area contributed by atoms with Gasteiger partial charge in [-0.1, -0.05) is 30.3 Å². The summed E-state index contributed by atoms with van der Waals surface area (Å²) in [6.45, 7) is 2.98. The topological polar surface area (TPSA) is 71.0 Å². The average Bonchev–Trinajstić information content (AvgIpc) is 3.20. The predicted octanol–water partition coefficient (Wildman–Crippen LogP) is 4.20. The number of rotatable bonds is 7. The fraction of sp³-hybridized carbons (Fsp3) is 0.217. The van der Waals surface area contributed by atoms with Crippen molar-refractivity contribution in [3.05, 3.63) is 72.3 Å². The van der Waals surface area contributed by atoms with Crippen LogP contribution in [0.15, 0.2) is 60.9 Å². The molecule has 6 nitrogen and oxygen atoms in total. The summed E-state index contributed by atoms with van der Waals surface area (Å²) < 4.78 is 0. The highest BCUT2D eigenvalue weighted by molar-refractivity contribution is 7.21. The van der Waals surface area contributed by atoms with Crippen molar-refractivity contribution < 1.29 is 4.79 Å². The van der Waals surface area contributed by atoms with Crippen molar-refractivity contribution >= 4 is 33.3 Å². The fourth-order valence-corrected chi connectivity index (χ4v) is 4.29. The van der Waals surface area contributed by atoms with Crippen LogP contribution in [-0.4, -0.2) is 34.5 Å². The molecule has 1 N–H and O–H groups in total. The lowest BCUT2D eigenvalue weighted by atomic mass is 10.2. The highest BCUT2D eigenvalue weighted by Gasteiger charge is 2.15. The van der Waals surface area contributed by atoms with Crippen LogP contribution in [0.1, 0.15) is 17.8 Å². The maximum absolute atomic E-state index is 12.3. The second kappa shape index (κ2) is 9.00. The molecule has 0 aliphatic carbocycles. The molecule has 0 bridgehead atoms.